The van der Waals surface area contributed by atoms with E-state index in [4.69, 9.17) is 0 Å². The van der Waals surface area contributed by atoms with Crippen LogP contribution in [-0.2, 0) is 5.60 Å². The topological polar surface area (TPSA) is 20.2 Å². The van der Waals surface area contributed by atoms with E-state index >= 15 is 0 Å². The van der Waals surface area contributed by atoms with Gasteiger partial charge in [0, 0.05) is 0 Å². The van der Waals surface area contributed by atoms with Crippen LogP contribution in [0.1, 0.15) is 55.7 Å². The second kappa shape index (κ2) is 4.81. The zero-order valence-corrected chi connectivity index (χ0v) is 11.3. The normalized spacial score (nSPS) is 21.2. The van der Waals surface area contributed by atoms with Gasteiger partial charge in [-0.15, -0.1) is 0 Å². The van der Waals surface area contributed by atoms with Gasteiger partial charge >= 0.3 is 0 Å². The molecule has 1 N–H and O–H groups in total. The molecule has 1 aliphatic carbocycles. The molecule has 0 amide bonds. The summed E-state index contributed by atoms with van der Waals surface area (Å²) in [4.78, 5) is 0. The van der Waals surface area contributed by atoms with Crippen LogP contribution >= 0.6 is 0 Å². The molecule has 1 saturated carbocycles. The van der Waals surface area contributed by atoms with Gasteiger partial charge in [0.2, 0.25) is 0 Å². The maximum absolute atomic E-state index is 10.8. The summed E-state index contributed by atoms with van der Waals surface area (Å²) in [5, 5.41) is 10.8. The Morgan fingerprint density at radius 3 is 2.29 bits per heavy atom. The Kier molecular flexibility index (Phi) is 3.58. The third kappa shape index (κ3) is 2.55. The minimum absolute atomic E-state index is 0.429. The van der Waals surface area contributed by atoms with E-state index in [-0.39, 0.29) is 0 Å². The van der Waals surface area contributed by atoms with Gasteiger partial charge in [0.15, 0.2) is 0 Å². The van der Waals surface area contributed by atoms with Crippen molar-refractivity contribution in [2.24, 2.45) is 5.92 Å². The quantitative estimate of drug-likeness (QED) is 0.814. The summed E-state index contributed by atoms with van der Waals surface area (Å²) in [7, 11) is 0. The molecule has 0 bridgehead atoms. The van der Waals surface area contributed by atoms with Crippen LogP contribution in [0.3, 0.4) is 0 Å². The molecule has 94 valence electrons. The van der Waals surface area contributed by atoms with Crippen molar-refractivity contribution in [3.05, 3.63) is 34.9 Å². The highest BCUT2D eigenvalue weighted by Gasteiger charge is 2.34. The highest BCUT2D eigenvalue weighted by molar-refractivity contribution is 5.33. The van der Waals surface area contributed by atoms with E-state index in [1.165, 1.54) is 43.2 Å². The SMILES string of the molecule is Cc1ccc(C(C)(O)C2CCCCC2)cc1C. The van der Waals surface area contributed by atoms with Crippen LogP contribution in [0.5, 0.6) is 0 Å². The first kappa shape index (κ1) is 12.6. The first-order valence-corrected chi connectivity index (χ1v) is 6.82. The van der Waals surface area contributed by atoms with Crippen LogP contribution in [-0.4, -0.2) is 5.11 Å². The molecule has 1 nitrogen and oxygen atoms in total. The second-order valence-corrected chi connectivity index (χ2v) is 5.78. The lowest BCUT2D eigenvalue weighted by atomic mass is 9.74. The molecular weight excluding hydrogens is 208 g/mol. The Balaban J connectivity index is 2.26. The van der Waals surface area contributed by atoms with Crippen LogP contribution in [0, 0.1) is 19.8 Å². The highest BCUT2D eigenvalue weighted by Crippen LogP contribution is 2.39. The third-order valence-corrected chi connectivity index (χ3v) is 4.49. The van der Waals surface area contributed by atoms with Gasteiger partial charge in [0.1, 0.15) is 0 Å². The molecule has 1 aromatic rings. The van der Waals surface area contributed by atoms with Gasteiger partial charge in [-0.1, -0.05) is 37.5 Å². The van der Waals surface area contributed by atoms with Gasteiger partial charge < -0.3 is 5.11 Å². The van der Waals surface area contributed by atoms with Crippen molar-refractivity contribution in [2.45, 2.75) is 58.5 Å². The Morgan fingerprint density at radius 2 is 1.71 bits per heavy atom. The Hall–Kier alpha value is -0.820. The molecule has 0 spiro atoms. The summed E-state index contributed by atoms with van der Waals surface area (Å²) in [6.45, 7) is 6.23. The van der Waals surface area contributed by atoms with Crippen LogP contribution in [0.15, 0.2) is 18.2 Å². The average molecular weight is 232 g/mol. The van der Waals surface area contributed by atoms with Crippen LogP contribution < -0.4 is 0 Å². The van der Waals surface area contributed by atoms with E-state index in [1.807, 2.05) is 6.92 Å². The molecule has 1 aliphatic rings. The zero-order valence-electron chi connectivity index (χ0n) is 11.3. The fraction of sp³-hybridized carbons (Fsp3) is 0.625. The van der Waals surface area contributed by atoms with Gasteiger partial charge in [0.05, 0.1) is 5.60 Å². The van der Waals surface area contributed by atoms with E-state index in [2.05, 4.69) is 32.0 Å². The molecule has 1 atom stereocenters. The third-order valence-electron chi connectivity index (χ3n) is 4.49. The highest BCUT2D eigenvalue weighted by atomic mass is 16.3. The number of rotatable bonds is 2. The molecule has 0 aliphatic heterocycles. The number of benzene rings is 1. The second-order valence-electron chi connectivity index (χ2n) is 5.78. The molecule has 1 unspecified atom stereocenters. The van der Waals surface area contributed by atoms with Gasteiger partial charge in [-0.25, -0.2) is 0 Å². The van der Waals surface area contributed by atoms with Gasteiger partial charge in [-0.3, -0.25) is 0 Å². The van der Waals surface area contributed by atoms with Crippen LogP contribution in [0.2, 0.25) is 0 Å². The van der Waals surface area contributed by atoms with Gasteiger partial charge in [-0.2, -0.15) is 0 Å². The van der Waals surface area contributed by atoms with E-state index in [1.54, 1.807) is 0 Å². The van der Waals surface area contributed by atoms with Crippen molar-refractivity contribution in [2.75, 3.05) is 0 Å². The van der Waals surface area contributed by atoms with Crippen molar-refractivity contribution in [3.63, 3.8) is 0 Å². The standard InChI is InChI=1S/C16H24O/c1-12-9-10-15(11-13(12)2)16(3,17)14-7-5-4-6-8-14/h9-11,14,17H,4-8H2,1-3H3. The van der Waals surface area contributed by atoms with Crippen molar-refractivity contribution < 1.29 is 5.11 Å². The van der Waals surface area contributed by atoms with Gasteiger partial charge in [-0.05, 0) is 56.2 Å². The number of aliphatic hydroxyl groups is 1. The fourth-order valence-corrected chi connectivity index (χ4v) is 2.96. The van der Waals surface area contributed by atoms with Crippen molar-refractivity contribution >= 4 is 0 Å². The van der Waals surface area contributed by atoms with Gasteiger partial charge in [0.25, 0.3) is 0 Å². The maximum atomic E-state index is 10.8. The molecule has 1 aromatic carbocycles. The van der Waals surface area contributed by atoms with Crippen LogP contribution in [0.25, 0.3) is 0 Å². The number of hydrogen-bond acceptors (Lipinski definition) is 1. The van der Waals surface area contributed by atoms with E-state index in [0.717, 1.165) is 5.56 Å². The van der Waals surface area contributed by atoms with E-state index in [9.17, 15) is 5.11 Å². The zero-order chi connectivity index (χ0) is 12.5. The Morgan fingerprint density at radius 1 is 1.06 bits per heavy atom. The lowest BCUT2D eigenvalue weighted by Crippen LogP contribution is -2.33. The summed E-state index contributed by atoms with van der Waals surface area (Å²) >= 11 is 0. The van der Waals surface area contributed by atoms with E-state index < -0.39 is 5.60 Å². The lowest BCUT2D eigenvalue weighted by Gasteiger charge is -2.36. The average Bonchev–Trinajstić information content (AvgIpc) is 2.33. The first-order chi connectivity index (χ1) is 8.01. The monoisotopic (exact) mass is 232 g/mol. The Bertz CT molecular complexity index is 387. The fourth-order valence-electron chi connectivity index (χ4n) is 2.96. The molecule has 17 heavy (non-hydrogen) atoms. The summed E-state index contributed by atoms with van der Waals surface area (Å²) in [5.74, 6) is 0.429. The molecule has 0 saturated heterocycles. The molecule has 0 radical (unpaired) electrons. The van der Waals surface area contributed by atoms with Crippen molar-refractivity contribution in [1.82, 2.24) is 0 Å². The Labute approximate surface area is 105 Å². The molecule has 2 rings (SSSR count). The molecular formula is C16H24O. The first-order valence-electron chi connectivity index (χ1n) is 6.82. The largest absolute Gasteiger partial charge is 0.385 e. The van der Waals surface area contributed by atoms with E-state index in [0.29, 0.717) is 5.92 Å². The lowest BCUT2D eigenvalue weighted by molar-refractivity contribution is -0.0215. The minimum atomic E-state index is -0.654. The predicted octanol–water partition coefficient (Wildman–Crippen LogP) is 4.09. The summed E-state index contributed by atoms with van der Waals surface area (Å²) < 4.78 is 0. The number of aryl methyl sites for hydroxylation is 2. The molecule has 1 fully saturated rings. The predicted molar refractivity (Wildman–Crippen MR) is 72.1 cm³/mol. The van der Waals surface area contributed by atoms with Crippen molar-refractivity contribution in [3.8, 4) is 0 Å². The molecule has 0 heterocycles. The maximum Gasteiger partial charge on any atom is 0.0896 e. The summed E-state index contributed by atoms with van der Waals surface area (Å²) in [6, 6.07) is 6.38. The van der Waals surface area contributed by atoms with Crippen molar-refractivity contribution in [1.29, 1.82) is 0 Å². The van der Waals surface area contributed by atoms with Crippen LogP contribution in [0.4, 0.5) is 0 Å². The summed E-state index contributed by atoms with van der Waals surface area (Å²) in [6.07, 6.45) is 6.21. The smallest absolute Gasteiger partial charge is 0.0896 e. The molecule has 1 heteroatoms. The number of hydrogen-bond donors (Lipinski definition) is 1. The summed E-state index contributed by atoms with van der Waals surface area (Å²) in [5.41, 5.74) is 3.01. The minimum Gasteiger partial charge on any atom is -0.385 e. The molecule has 0 aromatic heterocycles.